The average Bonchev–Trinajstić information content (AvgIpc) is 2.74. The number of rotatable bonds is 4. The monoisotopic (exact) mass is 283 g/mol. The van der Waals surface area contributed by atoms with Crippen LogP contribution in [0.5, 0.6) is 0 Å². The van der Waals surface area contributed by atoms with Gasteiger partial charge in [0, 0.05) is 19.0 Å². The Bertz CT molecular complexity index is 412. The molecular weight excluding hydrogens is 262 g/mol. The maximum Gasteiger partial charge on any atom is 0.320 e. The van der Waals surface area contributed by atoms with E-state index in [9.17, 15) is 19.5 Å². The fourth-order valence-corrected chi connectivity index (χ4v) is 3.55. The van der Waals surface area contributed by atoms with Crippen LogP contribution in [0.3, 0.4) is 0 Å². The minimum Gasteiger partial charge on any atom is -0.480 e. The number of hydrogen-bond donors (Lipinski definition) is 3. The first kappa shape index (κ1) is 14.8. The van der Waals surface area contributed by atoms with E-state index in [4.69, 9.17) is 5.73 Å². The summed E-state index contributed by atoms with van der Waals surface area (Å²) in [6.45, 7) is 0.358. The molecular formula is C13H21N3O4. The van der Waals surface area contributed by atoms with Crippen molar-refractivity contribution in [3.8, 4) is 0 Å². The van der Waals surface area contributed by atoms with E-state index in [1.165, 1.54) is 0 Å². The van der Waals surface area contributed by atoms with Crippen LogP contribution in [0.4, 0.5) is 4.79 Å². The van der Waals surface area contributed by atoms with Crippen molar-refractivity contribution in [3.05, 3.63) is 0 Å². The lowest BCUT2D eigenvalue weighted by Gasteiger charge is -2.32. The molecule has 3 amide bonds. The van der Waals surface area contributed by atoms with Crippen LogP contribution in [0.25, 0.3) is 0 Å². The molecule has 0 aromatic rings. The van der Waals surface area contributed by atoms with Gasteiger partial charge in [-0.15, -0.1) is 0 Å². The summed E-state index contributed by atoms with van der Waals surface area (Å²) < 4.78 is 0. The highest BCUT2D eigenvalue weighted by Crippen LogP contribution is 2.39. The Morgan fingerprint density at radius 2 is 1.95 bits per heavy atom. The van der Waals surface area contributed by atoms with E-state index in [0.717, 1.165) is 25.7 Å². The molecule has 0 aromatic carbocycles. The molecule has 1 saturated carbocycles. The van der Waals surface area contributed by atoms with Crippen LogP contribution in [-0.2, 0) is 9.59 Å². The molecule has 0 spiro atoms. The summed E-state index contributed by atoms with van der Waals surface area (Å²) in [6.07, 6.45) is 5.08. The molecule has 2 rings (SSSR count). The zero-order chi connectivity index (χ0) is 14.7. The van der Waals surface area contributed by atoms with E-state index in [0.29, 0.717) is 18.9 Å². The summed E-state index contributed by atoms with van der Waals surface area (Å²) in [5, 5.41) is 11.3. The van der Waals surface area contributed by atoms with Gasteiger partial charge >= 0.3 is 12.0 Å². The van der Waals surface area contributed by atoms with Crippen molar-refractivity contribution in [1.82, 2.24) is 10.2 Å². The van der Waals surface area contributed by atoms with Gasteiger partial charge in [0.1, 0.15) is 6.04 Å². The first-order chi connectivity index (χ1) is 9.49. The lowest BCUT2D eigenvalue weighted by atomic mass is 9.85. The van der Waals surface area contributed by atoms with E-state index in [1.54, 1.807) is 0 Å². The summed E-state index contributed by atoms with van der Waals surface area (Å²) in [5.74, 6) is -0.861. The van der Waals surface area contributed by atoms with Crippen molar-refractivity contribution >= 4 is 17.9 Å². The summed E-state index contributed by atoms with van der Waals surface area (Å²) >= 11 is 0. The zero-order valence-electron chi connectivity index (χ0n) is 11.4. The number of carbonyl (C=O) groups excluding carboxylic acids is 2. The molecule has 0 aromatic heterocycles. The molecule has 1 aliphatic carbocycles. The second-order valence-electron chi connectivity index (χ2n) is 5.60. The average molecular weight is 283 g/mol. The predicted octanol–water partition coefficient (Wildman–Crippen LogP) is 0.289. The second kappa shape index (κ2) is 6.21. The Morgan fingerprint density at radius 3 is 2.60 bits per heavy atom. The largest absolute Gasteiger partial charge is 0.480 e. The molecule has 1 saturated heterocycles. The zero-order valence-corrected chi connectivity index (χ0v) is 11.4. The summed E-state index contributed by atoms with van der Waals surface area (Å²) in [7, 11) is 0. The molecule has 1 aliphatic heterocycles. The van der Waals surface area contributed by atoms with Crippen LogP contribution in [0, 0.1) is 5.92 Å². The normalized spacial score (nSPS) is 29.7. The van der Waals surface area contributed by atoms with Crippen molar-refractivity contribution in [3.63, 3.8) is 0 Å². The molecule has 7 heteroatoms. The van der Waals surface area contributed by atoms with Gasteiger partial charge < -0.3 is 10.8 Å². The number of carboxylic acids is 1. The Hall–Kier alpha value is -1.63. The standard InChI is InChI=1S/C13H21N3O4/c14-13(20)15-11(17)5-6-16-9-4-2-1-3-8(9)7-10(16)12(18)19/h8-10H,1-7H2,(H,18,19)(H3,14,15,17,20)/t8-,9-,10+/m1/s1. The third-order valence-corrected chi connectivity index (χ3v) is 4.37. The molecule has 1 heterocycles. The molecule has 0 radical (unpaired) electrons. The molecule has 4 N–H and O–H groups in total. The minimum absolute atomic E-state index is 0.0932. The topological polar surface area (TPSA) is 113 Å². The molecule has 112 valence electrons. The van der Waals surface area contributed by atoms with Crippen LogP contribution in [0.15, 0.2) is 0 Å². The quantitative estimate of drug-likeness (QED) is 0.686. The van der Waals surface area contributed by atoms with Gasteiger partial charge in [-0.1, -0.05) is 12.8 Å². The van der Waals surface area contributed by atoms with Crippen LogP contribution in [-0.4, -0.2) is 46.5 Å². The highest BCUT2D eigenvalue weighted by Gasteiger charge is 2.44. The molecule has 2 fully saturated rings. The maximum atomic E-state index is 11.5. The number of likely N-dealkylation sites (tertiary alicyclic amines) is 1. The highest BCUT2D eigenvalue weighted by atomic mass is 16.4. The molecule has 3 atom stereocenters. The van der Waals surface area contributed by atoms with Crippen molar-refractivity contribution in [2.24, 2.45) is 11.7 Å². The van der Waals surface area contributed by atoms with Crippen LogP contribution < -0.4 is 11.1 Å². The van der Waals surface area contributed by atoms with E-state index in [-0.39, 0.29) is 12.5 Å². The van der Waals surface area contributed by atoms with Crippen LogP contribution in [0.2, 0.25) is 0 Å². The number of nitrogens with one attached hydrogen (secondary N) is 1. The molecule has 0 bridgehead atoms. The van der Waals surface area contributed by atoms with Crippen LogP contribution >= 0.6 is 0 Å². The second-order valence-corrected chi connectivity index (χ2v) is 5.60. The Morgan fingerprint density at radius 1 is 1.25 bits per heavy atom. The van der Waals surface area contributed by atoms with Gasteiger partial charge in [-0.3, -0.25) is 19.8 Å². The van der Waals surface area contributed by atoms with Gasteiger partial charge in [-0.05, 0) is 25.2 Å². The third-order valence-electron chi connectivity index (χ3n) is 4.37. The van der Waals surface area contributed by atoms with Crippen molar-refractivity contribution in [2.45, 2.75) is 50.6 Å². The molecule has 7 nitrogen and oxygen atoms in total. The SMILES string of the molecule is NC(=O)NC(=O)CCN1[C@@H]2CCCC[C@@H]2C[C@H]1C(=O)O. The number of primary amides is 1. The number of imide groups is 1. The predicted molar refractivity (Wildman–Crippen MR) is 70.8 cm³/mol. The Labute approximate surface area is 117 Å². The lowest BCUT2D eigenvalue weighted by molar-refractivity contribution is -0.143. The van der Waals surface area contributed by atoms with Gasteiger partial charge in [0.05, 0.1) is 0 Å². The van der Waals surface area contributed by atoms with E-state index in [1.807, 2.05) is 10.2 Å². The lowest BCUT2D eigenvalue weighted by Crippen LogP contribution is -2.44. The number of nitrogens with zero attached hydrogens (tertiary/aromatic N) is 1. The third kappa shape index (κ3) is 3.27. The Balaban J connectivity index is 1.96. The van der Waals surface area contributed by atoms with Gasteiger partial charge in [0.25, 0.3) is 0 Å². The van der Waals surface area contributed by atoms with Crippen molar-refractivity contribution < 1.29 is 19.5 Å². The van der Waals surface area contributed by atoms with Crippen molar-refractivity contribution in [2.75, 3.05) is 6.54 Å². The summed E-state index contributed by atoms with van der Waals surface area (Å²) in [6, 6.07) is -1.13. The molecule has 20 heavy (non-hydrogen) atoms. The smallest absolute Gasteiger partial charge is 0.320 e. The number of carboxylic acid groups (broad SMARTS) is 1. The Kier molecular flexibility index (Phi) is 4.59. The van der Waals surface area contributed by atoms with E-state index >= 15 is 0 Å². The molecule has 0 unspecified atom stereocenters. The van der Waals surface area contributed by atoms with E-state index in [2.05, 4.69) is 0 Å². The first-order valence-corrected chi connectivity index (χ1v) is 7.07. The summed E-state index contributed by atoms with van der Waals surface area (Å²) in [4.78, 5) is 35.3. The highest BCUT2D eigenvalue weighted by molar-refractivity contribution is 5.93. The fourth-order valence-electron chi connectivity index (χ4n) is 3.55. The van der Waals surface area contributed by atoms with Gasteiger partial charge in [-0.25, -0.2) is 4.79 Å². The number of nitrogens with two attached hydrogens (primary N) is 1. The fraction of sp³-hybridized carbons (Fsp3) is 0.769. The number of aliphatic carboxylic acids is 1. The van der Waals surface area contributed by atoms with Gasteiger partial charge in [-0.2, -0.15) is 0 Å². The number of amides is 3. The van der Waals surface area contributed by atoms with Gasteiger partial charge in [0.2, 0.25) is 5.91 Å². The first-order valence-electron chi connectivity index (χ1n) is 7.07. The van der Waals surface area contributed by atoms with Gasteiger partial charge in [0.15, 0.2) is 0 Å². The minimum atomic E-state index is -0.873. The number of urea groups is 1. The van der Waals surface area contributed by atoms with Crippen molar-refractivity contribution in [1.29, 1.82) is 0 Å². The molecule has 2 aliphatic rings. The maximum absolute atomic E-state index is 11.5. The number of fused-ring (bicyclic) bond motifs is 1. The number of hydrogen-bond acceptors (Lipinski definition) is 4. The number of carbonyl (C=O) groups is 3. The van der Waals surface area contributed by atoms with E-state index < -0.39 is 23.9 Å². The van der Waals surface area contributed by atoms with Crippen LogP contribution in [0.1, 0.15) is 38.5 Å². The summed E-state index contributed by atoms with van der Waals surface area (Å²) in [5.41, 5.74) is 4.88.